The van der Waals surface area contributed by atoms with E-state index in [2.05, 4.69) is 17.0 Å². The van der Waals surface area contributed by atoms with Crippen LogP contribution in [-0.4, -0.2) is 49.3 Å². The standard InChI is InChI=1S/C17H24N2O2S/c1-13-16(20)19(12-11-18-9-3-4-10-18)17(22-13)14-5-7-15(21-2)8-6-14/h5-8,13,17H,3-4,9-12H2,1-2H3/p+1/t13-,17+/m0/s1. The topological polar surface area (TPSA) is 34.0 Å². The van der Waals surface area contributed by atoms with Crippen molar-refractivity contribution in [3.8, 4) is 5.75 Å². The third kappa shape index (κ3) is 3.25. The van der Waals surface area contributed by atoms with E-state index in [0.29, 0.717) is 0 Å². The second-order valence-corrected chi connectivity index (χ2v) is 7.57. The summed E-state index contributed by atoms with van der Waals surface area (Å²) >= 11 is 1.76. The Kier molecular flexibility index (Phi) is 4.93. The first kappa shape index (κ1) is 15.7. The number of methoxy groups -OCH3 is 1. The van der Waals surface area contributed by atoms with E-state index in [0.717, 1.165) is 18.8 Å². The Balaban J connectivity index is 1.70. The summed E-state index contributed by atoms with van der Waals surface area (Å²) in [4.78, 5) is 16.2. The lowest BCUT2D eigenvalue weighted by molar-refractivity contribution is -0.886. The maximum atomic E-state index is 12.5. The molecule has 0 aromatic heterocycles. The molecule has 0 radical (unpaired) electrons. The summed E-state index contributed by atoms with van der Waals surface area (Å²) in [5.74, 6) is 1.14. The van der Waals surface area contributed by atoms with Gasteiger partial charge in [-0.1, -0.05) is 12.1 Å². The van der Waals surface area contributed by atoms with Crippen molar-refractivity contribution >= 4 is 17.7 Å². The van der Waals surface area contributed by atoms with Gasteiger partial charge in [0, 0.05) is 12.8 Å². The molecule has 2 heterocycles. The van der Waals surface area contributed by atoms with Crippen molar-refractivity contribution in [3.05, 3.63) is 29.8 Å². The molecule has 2 fully saturated rings. The molecule has 2 aliphatic heterocycles. The van der Waals surface area contributed by atoms with Crippen LogP contribution >= 0.6 is 11.8 Å². The number of nitrogens with one attached hydrogen (secondary N) is 1. The number of likely N-dealkylation sites (tertiary alicyclic amines) is 1. The summed E-state index contributed by atoms with van der Waals surface area (Å²) in [5, 5.41) is 0.205. The quantitative estimate of drug-likeness (QED) is 0.888. The SMILES string of the molecule is COc1ccc([C@H]2S[C@@H](C)C(=O)N2CC[NH+]2CCCC2)cc1. The van der Waals surface area contributed by atoms with E-state index in [9.17, 15) is 4.79 Å². The largest absolute Gasteiger partial charge is 0.497 e. The van der Waals surface area contributed by atoms with Gasteiger partial charge in [-0.15, -0.1) is 11.8 Å². The summed E-state index contributed by atoms with van der Waals surface area (Å²) in [6, 6.07) is 8.12. The second-order valence-electron chi connectivity index (χ2n) is 6.14. The molecule has 22 heavy (non-hydrogen) atoms. The van der Waals surface area contributed by atoms with Crippen LogP contribution in [0.1, 0.15) is 30.7 Å². The van der Waals surface area contributed by atoms with Crippen LogP contribution in [0.15, 0.2) is 24.3 Å². The Morgan fingerprint density at radius 2 is 1.95 bits per heavy atom. The Morgan fingerprint density at radius 3 is 2.59 bits per heavy atom. The fourth-order valence-electron chi connectivity index (χ4n) is 3.33. The zero-order chi connectivity index (χ0) is 15.5. The van der Waals surface area contributed by atoms with Crippen molar-refractivity contribution in [2.24, 2.45) is 0 Å². The van der Waals surface area contributed by atoms with Crippen molar-refractivity contribution in [2.45, 2.75) is 30.4 Å². The molecule has 120 valence electrons. The number of thioether (sulfide) groups is 1. The lowest BCUT2D eigenvalue weighted by Crippen LogP contribution is -3.10. The number of benzene rings is 1. The van der Waals surface area contributed by atoms with Gasteiger partial charge in [0.25, 0.3) is 0 Å². The lowest BCUT2D eigenvalue weighted by Gasteiger charge is -2.25. The Hall–Kier alpha value is -1.20. The molecule has 0 saturated carbocycles. The monoisotopic (exact) mass is 321 g/mol. The number of hydrogen-bond donors (Lipinski definition) is 1. The van der Waals surface area contributed by atoms with E-state index in [1.54, 1.807) is 23.8 Å². The number of nitrogens with zero attached hydrogens (tertiary/aromatic N) is 1. The van der Waals surface area contributed by atoms with Gasteiger partial charge in [-0.3, -0.25) is 4.79 Å². The highest BCUT2D eigenvalue weighted by molar-refractivity contribution is 8.01. The highest BCUT2D eigenvalue weighted by Crippen LogP contribution is 2.42. The predicted molar refractivity (Wildman–Crippen MR) is 89.3 cm³/mol. The van der Waals surface area contributed by atoms with E-state index in [-0.39, 0.29) is 16.5 Å². The number of quaternary nitrogens is 1. The summed E-state index contributed by atoms with van der Waals surface area (Å²) in [6.45, 7) is 6.48. The van der Waals surface area contributed by atoms with Gasteiger partial charge in [0.1, 0.15) is 11.1 Å². The third-order valence-electron chi connectivity index (χ3n) is 4.66. The van der Waals surface area contributed by atoms with Crippen LogP contribution in [0.2, 0.25) is 0 Å². The van der Waals surface area contributed by atoms with Gasteiger partial charge in [-0.2, -0.15) is 0 Å². The number of carbonyl (C=O) groups is 1. The van der Waals surface area contributed by atoms with Crippen LogP contribution < -0.4 is 9.64 Å². The van der Waals surface area contributed by atoms with Gasteiger partial charge in [0.2, 0.25) is 5.91 Å². The number of hydrogen-bond acceptors (Lipinski definition) is 3. The highest BCUT2D eigenvalue weighted by atomic mass is 32.2. The van der Waals surface area contributed by atoms with Crippen LogP contribution in [0.4, 0.5) is 0 Å². The molecule has 2 aliphatic rings. The Labute approximate surface area is 136 Å². The molecule has 1 amide bonds. The zero-order valence-corrected chi connectivity index (χ0v) is 14.2. The molecule has 1 aromatic carbocycles. The molecule has 0 aliphatic carbocycles. The molecule has 4 nitrogen and oxygen atoms in total. The van der Waals surface area contributed by atoms with Gasteiger partial charge in [0.15, 0.2) is 0 Å². The van der Waals surface area contributed by atoms with Crippen LogP contribution in [0.25, 0.3) is 0 Å². The van der Waals surface area contributed by atoms with Crippen LogP contribution in [0, 0.1) is 0 Å². The van der Waals surface area contributed by atoms with Crippen LogP contribution in [0.5, 0.6) is 5.75 Å². The van der Waals surface area contributed by atoms with Gasteiger partial charge in [0.05, 0.1) is 38.5 Å². The van der Waals surface area contributed by atoms with Crippen molar-refractivity contribution in [2.75, 3.05) is 33.3 Å². The molecule has 1 aromatic rings. The fourth-order valence-corrected chi connectivity index (χ4v) is 4.64. The number of amides is 1. The highest BCUT2D eigenvalue weighted by Gasteiger charge is 2.38. The zero-order valence-electron chi connectivity index (χ0n) is 13.4. The Bertz CT molecular complexity index is 514. The average molecular weight is 321 g/mol. The lowest BCUT2D eigenvalue weighted by atomic mass is 10.2. The molecule has 2 atom stereocenters. The Morgan fingerprint density at radius 1 is 1.27 bits per heavy atom. The number of rotatable bonds is 5. The van der Waals surface area contributed by atoms with Gasteiger partial charge >= 0.3 is 0 Å². The van der Waals surface area contributed by atoms with Crippen molar-refractivity contribution in [1.29, 1.82) is 0 Å². The minimum Gasteiger partial charge on any atom is -0.497 e. The molecular weight excluding hydrogens is 296 g/mol. The minimum atomic E-state index is 0.0562. The fraction of sp³-hybridized carbons (Fsp3) is 0.588. The molecule has 0 bridgehead atoms. The molecule has 2 saturated heterocycles. The van der Waals surface area contributed by atoms with Gasteiger partial charge in [-0.25, -0.2) is 0 Å². The van der Waals surface area contributed by atoms with Gasteiger partial charge < -0.3 is 14.5 Å². The van der Waals surface area contributed by atoms with Crippen LogP contribution in [0.3, 0.4) is 0 Å². The molecule has 0 unspecified atom stereocenters. The summed E-state index contributed by atoms with van der Waals surface area (Å²) in [6.07, 6.45) is 2.66. The van der Waals surface area contributed by atoms with Crippen molar-refractivity contribution in [1.82, 2.24) is 4.90 Å². The van der Waals surface area contributed by atoms with Crippen LogP contribution in [-0.2, 0) is 4.79 Å². The normalized spacial score (nSPS) is 25.9. The number of carbonyl (C=O) groups excluding carboxylic acids is 1. The van der Waals surface area contributed by atoms with E-state index in [4.69, 9.17) is 4.74 Å². The maximum absolute atomic E-state index is 12.5. The summed E-state index contributed by atoms with van der Waals surface area (Å²) in [5.41, 5.74) is 1.19. The molecule has 3 rings (SSSR count). The van der Waals surface area contributed by atoms with E-state index in [1.807, 2.05) is 19.1 Å². The first-order valence-electron chi connectivity index (χ1n) is 8.12. The first-order chi connectivity index (χ1) is 10.7. The molecule has 5 heteroatoms. The first-order valence-corrected chi connectivity index (χ1v) is 9.07. The molecule has 0 spiro atoms. The number of ether oxygens (including phenoxy) is 1. The molecular formula is C17H25N2O2S+. The molecule has 1 N–H and O–H groups in total. The van der Waals surface area contributed by atoms with E-state index < -0.39 is 0 Å². The maximum Gasteiger partial charge on any atom is 0.236 e. The predicted octanol–water partition coefficient (Wildman–Crippen LogP) is 1.34. The van der Waals surface area contributed by atoms with E-state index in [1.165, 1.54) is 31.5 Å². The second kappa shape index (κ2) is 6.92. The van der Waals surface area contributed by atoms with Gasteiger partial charge in [-0.05, 0) is 24.6 Å². The minimum absolute atomic E-state index is 0.0562. The summed E-state index contributed by atoms with van der Waals surface area (Å²) in [7, 11) is 1.68. The summed E-state index contributed by atoms with van der Waals surface area (Å²) < 4.78 is 5.23. The van der Waals surface area contributed by atoms with Crippen molar-refractivity contribution < 1.29 is 14.4 Å². The third-order valence-corrected chi connectivity index (χ3v) is 6.06. The van der Waals surface area contributed by atoms with E-state index >= 15 is 0 Å². The smallest absolute Gasteiger partial charge is 0.236 e. The van der Waals surface area contributed by atoms with Crippen molar-refractivity contribution in [3.63, 3.8) is 0 Å². The average Bonchev–Trinajstić information content (AvgIpc) is 3.15.